The largest absolute Gasteiger partial charge is 0.490 e. The predicted octanol–water partition coefficient (Wildman–Crippen LogP) is 4.53. The van der Waals surface area contributed by atoms with Crippen molar-refractivity contribution in [1.29, 1.82) is 0 Å². The fraction of sp³-hybridized carbons (Fsp3) is 0.522. The van der Waals surface area contributed by atoms with Crippen molar-refractivity contribution >= 4 is 29.2 Å². The molecular formula is C23H25F9N4O6S. The second-order valence-corrected chi connectivity index (χ2v) is 9.79. The molecule has 10 nitrogen and oxygen atoms in total. The Bertz CT molecular complexity index is 1090. The van der Waals surface area contributed by atoms with E-state index in [-0.39, 0.29) is 0 Å². The van der Waals surface area contributed by atoms with E-state index in [9.17, 15) is 39.5 Å². The summed E-state index contributed by atoms with van der Waals surface area (Å²) in [7, 11) is 0. The van der Waals surface area contributed by atoms with Gasteiger partial charge >= 0.3 is 36.4 Å². The van der Waals surface area contributed by atoms with Crippen LogP contribution in [0.4, 0.5) is 39.5 Å². The number of halogens is 9. The molecule has 2 aliphatic heterocycles. The molecule has 2 aromatic heterocycles. The lowest BCUT2D eigenvalue weighted by atomic mass is 9.92. The number of nitrogens with zero attached hydrogens (tertiary/aromatic N) is 4. The van der Waals surface area contributed by atoms with Crippen molar-refractivity contribution in [2.75, 3.05) is 19.6 Å². The van der Waals surface area contributed by atoms with E-state index in [1.165, 1.54) is 43.0 Å². The Kier molecular flexibility index (Phi) is 14.3. The van der Waals surface area contributed by atoms with Gasteiger partial charge in [-0.3, -0.25) is 14.8 Å². The summed E-state index contributed by atoms with van der Waals surface area (Å²) in [6, 6.07) is 4.98. The van der Waals surface area contributed by atoms with Crippen LogP contribution in [0.3, 0.4) is 0 Å². The van der Waals surface area contributed by atoms with Gasteiger partial charge in [0.1, 0.15) is 5.01 Å². The number of aromatic nitrogens is 2. The van der Waals surface area contributed by atoms with Crippen LogP contribution in [0.15, 0.2) is 36.1 Å². The van der Waals surface area contributed by atoms with Gasteiger partial charge in [0.15, 0.2) is 0 Å². The molecule has 0 aliphatic carbocycles. The molecule has 2 aliphatic rings. The van der Waals surface area contributed by atoms with Crippen LogP contribution in [0, 0.1) is 5.92 Å². The minimum Gasteiger partial charge on any atom is -0.475 e. The molecule has 4 heterocycles. The van der Waals surface area contributed by atoms with E-state index in [1.807, 2.05) is 24.7 Å². The van der Waals surface area contributed by atoms with Crippen LogP contribution in [0.25, 0.3) is 0 Å². The SMILES string of the molecule is O=C(O)C(F)(F)F.O=C(O)C(F)(F)F.O=C(O)C(F)(F)F.c1cncc(CN2CC[C@@H]3[C@@H](CCN3Cc3nccs3)C2)c1. The Labute approximate surface area is 241 Å². The van der Waals surface area contributed by atoms with Crippen LogP contribution in [0.5, 0.6) is 0 Å². The zero-order valence-corrected chi connectivity index (χ0v) is 22.6. The first-order chi connectivity index (χ1) is 19.7. The Hall–Kier alpha value is -3.52. The Morgan fingerprint density at radius 2 is 1.37 bits per heavy atom. The molecule has 4 rings (SSSR count). The first-order valence-corrected chi connectivity index (χ1v) is 12.7. The van der Waals surface area contributed by atoms with Gasteiger partial charge in [0.05, 0.1) is 6.54 Å². The molecule has 0 radical (unpaired) electrons. The van der Waals surface area contributed by atoms with E-state index >= 15 is 0 Å². The Morgan fingerprint density at radius 3 is 1.79 bits per heavy atom. The molecule has 0 spiro atoms. The quantitative estimate of drug-likeness (QED) is 0.402. The highest BCUT2D eigenvalue weighted by atomic mass is 32.1. The van der Waals surface area contributed by atoms with Gasteiger partial charge in [-0.25, -0.2) is 19.4 Å². The third-order valence-electron chi connectivity index (χ3n) is 5.71. The van der Waals surface area contributed by atoms with E-state index in [1.54, 1.807) is 11.3 Å². The number of piperidine rings is 1. The molecule has 2 saturated heterocycles. The topological polar surface area (TPSA) is 144 Å². The fourth-order valence-corrected chi connectivity index (χ4v) is 4.59. The maximum absolute atomic E-state index is 10.6. The van der Waals surface area contributed by atoms with Gasteiger partial charge in [0.25, 0.3) is 0 Å². The van der Waals surface area contributed by atoms with E-state index in [0.29, 0.717) is 0 Å². The monoisotopic (exact) mass is 656 g/mol. The molecular weight excluding hydrogens is 631 g/mol. The van der Waals surface area contributed by atoms with Crippen LogP contribution in [-0.2, 0) is 27.5 Å². The van der Waals surface area contributed by atoms with Crippen LogP contribution >= 0.6 is 11.3 Å². The van der Waals surface area contributed by atoms with Crippen LogP contribution in [0.1, 0.15) is 23.4 Å². The van der Waals surface area contributed by atoms with Crippen molar-refractivity contribution in [3.63, 3.8) is 0 Å². The first kappa shape index (κ1) is 37.5. The molecule has 0 bridgehead atoms. The number of carboxylic acid groups (broad SMARTS) is 3. The third kappa shape index (κ3) is 14.5. The summed E-state index contributed by atoms with van der Waals surface area (Å²) < 4.78 is 95.2. The van der Waals surface area contributed by atoms with Gasteiger partial charge < -0.3 is 15.3 Å². The van der Waals surface area contributed by atoms with Gasteiger partial charge in [0, 0.05) is 43.1 Å². The molecule has 242 valence electrons. The second-order valence-electron chi connectivity index (χ2n) is 8.81. The number of fused-ring (bicyclic) bond motifs is 1. The maximum atomic E-state index is 10.6. The molecule has 2 aromatic rings. The number of aliphatic carboxylic acids is 3. The number of rotatable bonds is 4. The minimum atomic E-state index is -5.08. The van der Waals surface area contributed by atoms with Crippen molar-refractivity contribution < 1.29 is 69.2 Å². The van der Waals surface area contributed by atoms with E-state index in [2.05, 4.69) is 31.2 Å². The fourth-order valence-electron chi connectivity index (χ4n) is 3.95. The molecule has 0 amide bonds. The van der Waals surface area contributed by atoms with E-state index < -0.39 is 36.4 Å². The highest BCUT2D eigenvalue weighted by Crippen LogP contribution is 2.33. The summed E-state index contributed by atoms with van der Waals surface area (Å²) in [4.78, 5) is 40.6. The summed E-state index contributed by atoms with van der Waals surface area (Å²) in [5, 5.41) is 24.7. The number of thiazole rings is 1. The van der Waals surface area contributed by atoms with Crippen molar-refractivity contribution in [3.05, 3.63) is 46.7 Å². The number of hydrogen-bond donors (Lipinski definition) is 3. The van der Waals surface area contributed by atoms with Crippen molar-refractivity contribution in [1.82, 2.24) is 19.8 Å². The molecule has 2 fully saturated rings. The highest BCUT2D eigenvalue weighted by Gasteiger charge is 2.40. The number of carbonyl (C=O) groups is 3. The average Bonchev–Trinajstić information content (AvgIpc) is 3.54. The summed E-state index contributed by atoms with van der Waals surface area (Å²) >= 11 is 1.78. The lowest BCUT2D eigenvalue weighted by Crippen LogP contribution is -2.45. The average molecular weight is 657 g/mol. The smallest absolute Gasteiger partial charge is 0.475 e. The molecule has 0 saturated carbocycles. The lowest BCUT2D eigenvalue weighted by molar-refractivity contribution is -0.193. The van der Waals surface area contributed by atoms with Gasteiger partial charge in [-0.1, -0.05) is 6.07 Å². The summed E-state index contributed by atoms with van der Waals surface area (Å²) in [6.07, 6.45) is -6.86. The number of hydrogen-bond acceptors (Lipinski definition) is 8. The normalized spacial score (nSPS) is 18.9. The number of pyridine rings is 1. The summed E-state index contributed by atoms with van der Waals surface area (Å²) in [5.41, 5.74) is 1.33. The molecule has 2 atom stereocenters. The van der Waals surface area contributed by atoms with Crippen LogP contribution in [0.2, 0.25) is 0 Å². The Morgan fingerprint density at radius 1 is 0.837 bits per heavy atom. The van der Waals surface area contributed by atoms with Crippen LogP contribution in [-0.4, -0.2) is 97.2 Å². The maximum Gasteiger partial charge on any atom is 0.490 e. The molecule has 0 unspecified atom stereocenters. The van der Waals surface area contributed by atoms with Crippen LogP contribution < -0.4 is 0 Å². The van der Waals surface area contributed by atoms with Gasteiger partial charge in [0.2, 0.25) is 0 Å². The first-order valence-electron chi connectivity index (χ1n) is 11.9. The second kappa shape index (κ2) is 16.4. The van der Waals surface area contributed by atoms with Crippen molar-refractivity contribution in [2.24, 2.45) is 5.92 Å². The van der Waals surface area contributed by atoms with E-state index in [0.717, 1.165) is 25.0 Å². The third-order valence-corrected chi connectivity index (χ3v) is 6.48. The highest BCUT2D eigenvalue weighted by molar-refractivity contribution is 7.09. The molecule has 3 N–H and O–H groups in total. The van der Waals surface area contributed by atoms with Gasteiger partial charge in [-0.2, -0.15) is 39.5 Å². The standard InChI is InChI=1S/C17H22N4S.3C2HF3O2/c1-2-14(10-18-5-1)11-20-7-4-16-15(12-20)3-8-21(16)13-17-19-6-9-22-17;3*3-2(4,5)1(6)7/h1-2,5-6,9-10,15-16H,3-4,7-8,11-13H2;3*(H,6,7)/t15-,16+;;;/m0.../s1. The molecule has 43 heavy (non-hydrogen) atoms. The van der Waals surface area contributed by atoms with Gasteiger partial charge in [-0.05, 0) is 43.5 Å². The van der Waals surface area contributed by atoms with Crippen molar-refractivity contribution in [3.8, 4) is 0 Å². The number of likely N-dealkylation sites (tertiary alicyclic amines) is 2. The number of carboxylic acids is 3. The lowest BCUT2D eigenvalue weighted by Gasteiger charge is -2.37. The zero-order chi connectivity index (χ0) is 33.0. The van der Waals surface area contributed by atoms with Gasteiger partial charge in [-0.15, -0.1) is 11.3 Å². The Balaban J connectivity index is 0.000000363. The number of alkyl halides is 9. The zero-order valence-electron chi connectivity index (χ0n) is 21.7. The minimum absolute atomic E-state index is 0.758. The van der Waals surface area contributed by atoms with Crippen molar-refractivity contribution in [2.45, 2.75) is 50.5 Å². The molecule has 20 heteroatoms. The summed E-state index contributed by atoms with van der Waals surface area (Å²) in [6.45, 7) is 5.75. The predicted molar refractivity (Wildman–Crippen MR) is 130 cm³/mol. The summed E-state index contributed by atoms with van der Waals surface area (Å²) in [5.74, 6) is -7.45. The van der Waals surface area contributed by atoms with E-state index in [4.69, 9.17) is 29.7 Å². The molecule has 0 aromatic carbocycles.